The first-order chi connectivity index (χ1) is 12.2. The van der Waals surface area contributed by atoms with Gasteiger partial charge in [-0.15, -0.1) is 12.6 Å². The molecule has 2 nitrogen and oxygen atoms in total. The van der Waals surface area contributed by atoms with Crippen LogP contribution in [-0.4, -0.2) is 0 Å². The summed E-state index contributed by atoms with van der Waals surface area (Å²) in [6.07, 6.45) is 0. The summed E-state index contributed by atoms with van der Waals surface area (Å²) in [5, 5.41) is 14.1. The van der Waals surface area contributed by atoms with Crippen molar-refractivity contribution in [1.29, 1.82) is 5.26 Å². The number of benzene rings is 3. The summed E-state index contributed by atoms with van der Waals surface area (Å²) in [7, 11) is -2.40. The van der Waals surface area contributed by atoms with Gasteiger partial charge in [-0.05, 0) is 23.2 Å². The lowest BCUT2D eigenvalue weighted by Crippen LogP contribution is -2.33. The summed E-state index contributed by atoms with van der Waals surface area (Å²) in [4.78, 5) is 0. The van der Waals surface area contributed by atoms with Gasteiger partial charge in [-0.3, -0.25) is 0 Å². The van der Waals surface area contributed by atoms with Crippen molar-refractivity contribution in [2.45, 2.75) is 0 Å². The van der Waals surface area contributed by atoms with Crippen LogP contribution >= 0.6 is 19.9 Å². The monoisotopic (exact) mass is 361 g/mol. The second kappa shape index (κ2) is 7.57. The van der Waals surface area contributed by atoms with E-state index in [0.717, 1.165) is 15.9 Å². The molecule has 2 N–H and O–H groups in total. The minimum Gasteiger partial charge on any atom is -0.393 e. The smallest absolute Gasteiger partial charge is 0.103 e. The zero-order valence-electron chi connectivity index (χ0n) is 13.6. The van der Waals surface area contributed by atoms with Gasteiger partial charge in [0, 0.05) is 0 Å². The van der Waals surface area contributed by atoms with Gasteiger partial charge in [0.2, 0.25) is 0 Å². The Morgan fingerprint density at radius 1 is 0.720 bits per heavy atom. The number of nitrogens with two attached hydrogens (primary N) is 1. The van der Waals surface area contributed by atoms with E-state index >= 15 is 0 Å². The Morgan fingerprint density at radius 3 is 1.28 bits per heavy atom. The van der Waals surface area contributed by atoms with Crippen molar-refractivity contribution < 1.29 is 0 Å². The van der Waals surface area contributed by atoms with E-state index in [9.17, 15) is 5.26 Å². The van der Waals surface area contributed by atoms with E-state index in [-0.39, 0.29) is 5.03 Å². The molecule has 0 saturated heterocycles. The Balaban J connectivity index is 2.50. The maximum Gasteiger partial charge on any atom is 0.103 e. The first kappa shape index (κ1) is 17.3. The van der Waals surface area contributed by atoms with E-state index in [2.05, 4.69) is 55.1 Å². The van der Waals surface area contributed by atoms with Crippen molar-refractivity contribution in [3.63, 3.8) is 0 Å². The molecule has 3 rings (SSSR count). The predicted octanol–water partition coefficient (Wildman–Crippen LogP) is 3.56. The Hall–Kier alpha value is -2.53. The summed E-state index contributed by atoms with van der Waals surface area (Å²) in [6, 6.07) is 32.7. The maximum atomic E-state index is 10.0. The first-order valence-corrected chi connectivity index (χ1v) is 10.1. The van der Waals surface area contributed by atoms with Gasteiger partial charge in [0.25, 0.3) is 0 Å². The summed E-state index contributed by atoms with van der Waals surface area (Å²) < 4.78 is 0. The van der Waals surface area contributed by atoms with Crippen LogP contribution in [-0.2, 0) is 0 Å². The molecule has 1 radical (unpaired) electrons. The van der Waals surface area contributed by atoms with Gasteiger partial charge in [0.1, 0.15) is 6.07 Å². The third-order valence-corrected chi connectivity index (χ3v) is 8.74. The predicted molar refractivity (Wildman–Crippen MR) is 111 cm³/mol. The van der Waals surface area contributed by atoms with Gasteiger partial charge in [0.05, 0.1) is 10.3 Å². The Morgan fingerprint density at radius 2 is 1.04 bits per heavy atom. The second-order valence-electron chi connectivity index (χ2n) is 5.52. The van der Waals surface area contributed by atoms with Gasteiger partial charge in [-0.25, -0.2) is 0 Å². The minimum atomic E-state index is -2.40. The number of allylic oxidation sites excluding steroid dienone is 1. The molecule has 0 saturated carbocycles. The molecule has 0 fully saturated rings. The third-order valence-electron chi connectivity index (χ3n) is 4.11. The molecule has 4 heteroatoms. The minimum absolute atomic E-state index is 0.271. The Kier molecular flexibility index (Phi) is 5.24. The molecule has 0 spiro atoms. The van der Waals surface area contributed by atoms with Crippen molar-refractivity contribution in [3.8, 4) is 6.07 Å². The highest BCUT2D eigenvalue weighted by molar-refractivity contribution is 8.00. The molecule has 3 aromatic carbocycles. The van der Waals surface area contributed by atoms with Crippen molar-refractivity contribution >= 4 is 35.8 Å². The molecule has 0 atom stereocenters. The summed E-state index contributed by atoms with van der Waals surface area (Å²) in [5.41, 5.74) is 6.09. The van der Waals surface area contributed by atoms with Gasteiger partial charge >= 0.3 is 0 Å². The van der Waals surface area contributed by atoms with Crippen LogP contribution < -0.4 is 21.6 Å². The standard InChI is InChI=1S/C21H18N2PS/c22-16-20(21(23)25)24(17-10-4-1-5-11-17,18-12-6-2-7-13-18)19-14-8-3-9-15-19/h1-15,25H,23H2/b21-20+. The largest absolute Gasteiger partial charge is 0.393 e. The zero-order chi connectivity index (χ0) is 17.7. The topological polar surface area (TPSA) is 49.8 Å². The fourth-order valence-electron chi connectivity index (χ4n) is 3.09. The number of nitrogens with zero attached hydrogens (tertiary/aromatic N) is 1. The van der Waals surface area contributed by atoms with E-state index in [1.54, 1.807) is 0 Å². The fraction of sp³-hybridized carbons (Fsp3) is 0. The van der Waals surface area contributed by atoms with E-state index in [0.29, 0.717) is 5.31 Å². The molecule has 3 aromatic rings. The molecule has 0 aliphatic heterocycles. The average Bonchev–Trinajstić information content (AvgIpc) is 2.68. The SMILES string of the molecule is N#C/C(=C(/N)S)[P](c1ccccc1)(c1ccccc1)c1ccccc1. The van der Waals surface area contributed by atoms with Crippen LogP contribution in [0.5, 0.6) is 0 Å². The molecular weight excluding hydrogens is 343 g/mol. The summed E-state index contributed by atoms with van der Waals surface area (Å²) in [6.45, 7) is 0. The third kappa shape index (κ3) is 3.07. The molecule has 0 aliphatic carbocycles. The molecule has 123 valence electrons. The number of rotatable bonds is 4. The Labute approximate surface area is 154 Å². The molecule has 0 bridgehead atoms. The summed E-state index contributed by atoms with van der Waals surface area (Å²) in [5.74, 6) is 0. The average molecular weight is 361 g/mol. The highest BCUT2D eigenvalue weighted by atomic mass is 32.1. The lowest BCUT2D eigenvalue weighted by Gasteiger charge is -2.38. The van der Waals surface area contributed by atoms with E-state index in [1.807, 2.05) is 54.6 Å². The number of hydrogen-bond acceptors (Lipinski definition) is 3. The van der Waals surface area contributed by atoms with Crippen molar-refractivity contribution in [2.75, 3.05) is 0 Å². The van der Waals surface area contributed by atoms with Crippen molar-refractivity contribution in [1.82, 2.24) is 0 Å². The van der Waals surface area contributed by atoms with Crippen LogP contribution in [0.3, 0.4) is 0 Å². The molecule has 0 aromatic heterocycles. The van der Waals surface area contributed by atoms with Crippen LogP contribution in [0.2, 0.25) is 0 Å². The highest BCUT2D eigenvalue weighted by Gasteiger charge is 2.39. The quantitative estimate of drug-likeness (QED) is 0.424. The molecule has 0 unspecified atom stereocenters. The van der Waals surface area contributed by atoms with Gasteiger partial charge in [0.15, 0.2) is 0 Å². The first-order valence-electron chi connectivity index (χ1n) is 7.86. The van der Waals surface area contributed by atoms with E-state index in [1.165, 1.54) is 0 Å². The van der Waals surface area contributed by atoms with E-state index in [4.69, 9.17) is 5.73 Å². The zero-order valence-corrected chi connectivity index (χ0v) is 15.4. The Bertz CT molecular complexity index is 816. The van der Waals surface area contributed by atoms with Crippen LogP contribution in [0, 0.1) is 11.3 Å². The number of hydrogen-bond donors (Lipinski definition) is 2. The second-order valence-corrected chi connectivity index (χ2v) is 9.34. The summed E-state index contributed by atoms with van der Waals surface area (Å²) >= 11 is 4.38. The molecule has 0 aliphatic rings. The van der Waals surface area contributed by atoms with E-state index < -0.39 is 7.26 Å². The lowest BCUT2D eigenvalue weighted by atomic mass is 10.4. The van der Waals surface area contributed by atoms with Crippen LogP contribution in [0.15, 0.2) is 101 Å². The van der Waals surface area contributed by atoms with Crippen LogP contribution in [0.1, 0.15) is 0 Å². The highest BCUT2D eigenvalue weighted by Crippen LogP contribution is 2.62. The number of thiol groups is 1. The number of nitriles is 1. The van der Waals surface area contributed by atoms with Crippen molar-refractivity contribution in [2.24, 2.45) is 5.73 Å². The van der Waals surface area contributed by atoms with Gasteiger partial charge < -0.3 is 5.73 Å². The normalized spacial score (nSPS) is 12.2. The lowest BCUT2D eigenvalue weighted by molar-refractivity contribution is 1.48. The van der Waals surface area contributed by atoms with Gasteiger partial charge in [-0.2, -0.15) is 5.26 Å². The fourth-order valence-corrected chi connectivity index (χ4v) is 7.61. The van der Waals surface area contributed by atoms with Crippen LogP contribution in [0.4, 0.5) is 0 Å². The molecule has 0 amide bonds. The van der Waals surface area contributed by atoms with Crippen LogP contribution in [0.25, 0.3) is 0 Å². The maximum absolute atomic E-state index is 10.0. The van der Waals surface area contributed by atoms with Gasteiger partial charge in [-0.1, -0.05) is 91.0 Å². The molecular formula is C21H18N2PS. The molecule has 0 heterocycles. The molecule has 25 heavy (non-hydrogen) atoms. The van der Waals surface area contributed by atoms with Crippen molar-refractivity contribution in [3.05, 3.63) is 101 Å².